The summed E-state index contributed by atoms with van der Waals surface area (Å²) in [6, 6.07) is 0. The Labute approximate surface area is 115 Å². The number of rotatable bonds is 6. The van der Waals surface area contributed by atoms with Crippen LogP contribution < -0.4 is 0 Å². The minimum absolute atomic E-state index is 0.0811. The zero-order valence-electron chi connectivity index (χ0n) is 12.0. The number of amides is 1. The Hall–Kier alpha value is -1.32. The topological polar surface area (TPSA) is 57.6 Å². The highest BCUT2D eigenvalue weighted by Gasteiger charge is 2.25. The summed E-state index contributed by atoms with van der Waals surface area (Å²) in [5.74, 6) is -0.570. The van der Waals surface area contributed by atoms with Crippen LogP contribution in [0, 0.1) is 5.92 Å². The summed E-state index contributed by atoms with van der Waals surface area (Å²) in [4.78, 5) is 24.6. The maximum absolute atomic E-state index is 12.2. The number of carboxylic acid groups (broad SMARTS) is 1. The molecule has 1 saturated carbocycles. The standard InChI is InChI=1S/C15H25NO3/c1-3-4-5-10-16(2)15(19)13-8-6-12(7-9-13)11-14(17)18/h11,13H,3-10H2,1-2H3,(H,17,18). The van der Waals surface area contributed by atoms with E-state index in [0.29, 0.717) is 0 Å². The van der Waals surface area contributed by atoms with Crippen molar-refractivity contribution in [3.63, 3.8) is 0 Å². The van der Waals surface area contributed by atoms with Gasteiger partial charge >= 0.3 is 5.97 Å². The Morgan fingerprint density at radius 1 is 1.32 bits per heavy atom. The van der Waals surface area contributed by atoms with Gasteiger partial charge in [-0.15, -0.1) is 0 Å². The van der Waals surface area contributed by atoms with E-state index >= 15 is 0 Å². The normalized spacial score (nSPS) is 19.1. The summed E-state index contributed by atoms with van der Waals surface area (Å²) in [7, 11) is 1.88. The van der Waals surface area contributed by atoms with Gasteiger partial charge in [-0.25, -0.2) is 4.79 Å². The Balaban J connectivity index is 2.38. The number of aliphatic carboxylic acids is 1. The summed E-state index contributed by atoms with van der Waals surface area (Å²) in [6.45, 7) is 2.99. The van der Waals surface area contributed by atoms with Gasteiger partial charge in [-0.1, -0.05) is 25.3 Å². The average molecular weight is 267 g/mol. The third-order valence-corrected chi connectivity index (χ3v) is 3.78. The van der Waals surface area contributed by atoms with Crippen molar-refractivity contribution in [3.05, 3.63) is 11.6 Å². The number of hydrogen-bond donors (Lipinski definition) is 1. The van der Waals surface area contributed by atoms with Gasteiger partial charge in [-0.2, -0.15) is 0 Å². The highest BCUT2D eigenvalue weighted by atomic mass is 16.4. The number of hydrogen-bond acceptors (Lipinski definition) is 2. The second-order valence-electron chi connectivity index (χ2n) is 5.38. The van der Waals surface area contributed by atoms with Gasteiger partial charge in [0, 0.05) is 25.6 Å². The molecule has 1 N–H and O–H groups in total. The van der Waals surface area contributed by atoms with Gasteiger partial charge < -0.3 is 10.0 Å². The molecule has 1 aliphatic rings. The molecule has 0 radical (unpaired) electrons. The van der Waals surface area contributed by atoms with Crippen molar-refractivity contribution in [1.29, 1.82) is 0 Å². The first-order valence-corrected chi connectivity index (χ1v) is 7.22. The lowest BCUT2D eigenvalue weighted by molar-refractivity contribution is -0.135. The van der Waals surface area contributed by atoms with E-state index in [-0.39, 0.29) is 11.8 Å². The van der Waals surface area contributed by atoms with Crippen LogP contribution in [0.15, 0.2) is 11.6 Å². The summed E-state index contributed by atoms with van der Waals surface area (Å²) >= 11 is 0. The molecule has 0 aliphatic heterocycles. The van der Waals surface area contributed by atoms with Crippen LogP contribution in [0.1, 0.15) is 51.9 Å². The Morgan fingerprint density at radius 2 is 1.95 bits per heavy atom. The molecule has 0 bridgehead atoms. The van der Waals surface area contributed by atoms with Crippen LogP contribution in [0.2, 0.25) is 0 Å². The van der Waals surface area contributed by atoms with Crippen LogP contribution in [-0.4, -0.2) is 35.5 Å². The van der Waals surface area contributed by atoms with Gasteiger partial charge in [0.2, 0.25) is 5.91 Å². The number of nitrogens with zero attached hydrogens (tertiary/aromatic N) is 1. The van der Waals surface area contributed by atoms with E-state index in [1.165, 1.54) is 6.08 Å². The monoisotopic (exact) mass is 267 g/mol. The van der Waals surface area contributed by atoms with Crippen molar-refractivity contribution in [2.75, 3.05) is 13.6 Å². The lowest BCUT2D eigenvalue weighted by atomic mass is 9.85. The predicted octanol–water partition coefficient (Wildman–Crippen LogP) is 2.84. The molecule has 0 atom stereocenters. The van der Waals surface area contributed by atoms with Gasteiger partial charge in [0.15, 0.2) is 0 Å². The van der Waals surface area contributed by atoms with Crippen molar-refractivity contribution in [1.82, 2.24) is 4.90 Å². The second-order valence-corrected chi connectivity index (χ2v) is 5.38. The number of unbranched alkanes of at least 4 members (excludes halogenated alkanes) is 2. The first kappa shape index (κ1) is 15.7. The van der Waals surface area contributed by atoms with Crippen molar-refractivity contribution < 1.29 is 14.7 Å². The van der Waals surface area contributed by atoms with E-state index < -0.39 is 5.97 Å². The molecule has 4 heteroatoms. The molecule has 0 unspecified atom stereocenters. The van der Waals surface area contributed by atoms with E-state index in [1.807, 2.05) is 11.9 Å². The van der Waals surface area contributed by atoms with Crippen LogP contribution in [0.4, 0.5) is 0 Å². The summed E-state index contributed by atoms with van der Waals surface area (Å²) < 4.78 is 0. The van der Waals surface area contributed by atoms with E-state index in [4.69, 9.17) is 5.11 Å². The number of carbonyl (C=O) groups excluding carboxylic acids is 1. The molecule has 19 heavy (non-hydrogen) atoms. The zero-order chi connectivity index (χ0) is 14.3. The maximum Gasteiger partial charge on any atom is 0.328 e. The maximum atomic E-state index is 12.2. The first-order valence-electron chi connectivity index (χ1n) is 7.22. The fraction of sp³-hybridized carbons (Fsp3) is 0.733. The molecule has 1 aliphatic carbocycles. The molecular formula is C15H25NO3. The summed E-state index contributed by atoms with van der Waals surface area (Å²) in [5, 5.41) is 8.70. The quantitative estimate of drug-likeness (QED) is 0.594. The number of carbonyl (C=O) groups is 2. The third-order valence-electron chi connectivity index (χ3n) is 3.78. The molecule has 0 aromatic heterocycles. The minimum Gasteiger partial charge on any atom is -0.478 e. The summed E-state index contributed by atoms with van der Waals surface area (Å²) in [6.07, 6.45) is 7.74. The van der Waals surface area contributed by atoms with E-state index in [2.05, 4.69) is 6.92 Å². The van der Waals surface area contributed by atoms with Crippen LogP contribution >= 0.6 is 0 Å². The molecule has 0 aromatic carbocycles. The average Bonchev–Trinajstić information content (AvgIpc) is 2.38. The van der Waals surface area contributed by atoms with Crippen molar-refractivity contribution in [2.24, 2.45) is 5.92 Å². The summed E-state index contributed by atoms with van der Waals surface area (Å²) in [5.41, 5.74) is 0.963. The van der Waals surface area contributed by atoms with Gasteiger partial charge in [-0.3, -0.25) is 4.79 Å². The highest BCUT2D eigenvalue weighted by molar-refractivity contribution is 5.81. The predicted molar refractivity (Wildman–Crippen MR) is 74.8 cm³/mol. The molecule has 1 rings (SSSR count). The Kier molecular flexibility index (Phi) is 6.60. The Morgan fingerprint density at radius 3 is 2.47 bits per heavy atom. The lowest BCUT2D eigenvalue weighted by Gasteiger charge is -2.27. The van der Waals surface area contributed by atoms with E-state index in [0.717, 1.165) is 57.1 Å². The van der Waals surface area contributed by atoms with Gasteiger partial charge in [-0.05, 0) is 32.1 Å². The van der Waals surface area contributed by atoms with Crippen molar-refractivity contribution >= 4 is 11.9 Å². The first-order chi connectivity index (χ1) is 9.04. The number of carboxylic acids is 1. The fourth-order valence-corrected chi connectivity index (χ4v) is 2.58. The van der Waals surface area contributed by atoms with Crippen LogP contribution in [0.25, 0.3) is 0 Å². The molecule has 4 nitrogen and oxygen atoms in total. The second kappa shape index (κ2) is 7.97. The SMILES string of the molecule is CCCCCN(C)C(=O)C1CCC(=CC(=O)O)CC1. The van der Waals surface area contributed by atoms with Crippen molar-refractivity contribution in [2.45, 2.75) is 51.9 Å². The molecule has 108 valence electrons. The minimum atomic E-state index is -0.878. The largest absolute Gasteiger partial charge is 0.478 e. The van der Waals surface area contributed by atoms with E-state index in [1.54, 1.807) is 0 Å². The molecule has 0 saturated heterocycles. The van der Waals surface area contributed by atoms with Gasteiger partial charge in [0.1, 0.15) is 0 Å². The Bertz CT molecular complexity index is 339. The van der Waals surface area contributed by atoms with Gasteiger partial charge in [0.25, 0.3) is 0 Å². The van der Waals surface area contributed by atoms with E-state index in [9.17, 15) is 9.59 Å². The lowest BCUT2D eigenvalue weighted by Crippen LogP contribution is -2.34. The van der Waals surface area contributed by atoms with Crippen LogP contribution in [0.5, 0.6) is 0 Å². The van der Waals surface area contributed by atoms with Gasteiger partial charge in [0.05, 0.1) is 0 Å². The number of allylic oxidation sites excluding steroid dienone is 1. The fourth-order valence-electron chi connectivity index (χ4n) is 2.58. The molecule has 0 heterocycles. The zero-order valence-corrected chi connectivity index (χ0v) is 12.0. The van der Waals surface area contributed by atoms with Crippen molar-refractivity contribution in [3.8, 4) is 0 Å². The molecular weight excluding hydrogens is 242 g/mol. The van der Waals surface area contributed by atoms with Crippen LogP contribution in [-0.2, 0) is 9.59 Å². The highest BCUT2D eigenvalue weighted by Crippen LogP contribution is 2.29. The third kappa shape index (κ3) is 5.45. The molecule has 1 fully saturated rings. The molecule has 0 aromatic rings. The van der Waals surface area contributed by atoms with Crippen LogP contribution in [0.3, 0.4) is 0 Å². The smallest absolute Gasteiger partial charge is 0.328 e. The molecule has 0 spiro atoms. The molecule has 1 amide bonds.